The molecule has 1 N–H and O–H groups in total. The Bertz CT molecular complexity index is 763. The van der Waals surface area contributed by atoms with Gasteiger partial charge in [0.2, 0.25) is 0 Å². The van der Waals surface area contributed by atoms with Gasteiger partial charge in [-0.05, 0) is 70.2 Å². The lowest BCUT2D eigenvalue weighted by molar-refractivity contribution is 0.662. The Balaban J connectivity index is 2.36. The van der Waals surface area contributed by atoms with E-state index in [0.717, 1.165) is 6.42 Å². The molecule has 2 rings (SSSR count). The standard InChI is InChI=1S/C22H32BN2PS/c1-8-19(24-20-15(4)9-13(2)10-16(20)5)22(23)25(26-27)21-17(6)11-14(3)12-18(21)7/h9-12,19,22,24,26-27H,8H2,1-7H3/t19?,22-/m0/s1. The van der Waals surface area contributed by atoms with Gasteiger partial charge in [-0.1, -0.05) is 42.3 Å². The molecule has 2 aromatic rings. The molecule has 0 aliphatic carbocycles. The zero-order valence-corrected chi connectivity index (χ0v) is 19.5. The number of aryl methyl sites for hydroxylation is 6. The summed E-state index contributed by atoms with van der Waals surface area (Å²) in [6.07, 6.45) is 0.937. The number of hydrogen-bond donors (Lipinski definition) is 2. The van der Waals surface area contributed by atoms with Gasteiger partial charge in [0.05, 0.1) is 0 Å². The second kappa shape index (κ2) is 9.39. The minimum Gasteiger partial charge on any atom is -0.381 e. The van der Waals surface area contributed by atoms with Crippen LogP contribution in [0.4, 0.5) is 11.4 Å². The van der Waals surface area contributed by atoms with Gasteiger partial charge in [-0.25, -0.2) is 0 Å². The summed E-state index contributed by atoms with van der Waals surface area (Å²) < 4.78 is 2.24. The summed E-state index contributed by atoms with van der Waals surface area (Å²) in [6.45, 7) is 15.1. The van der Waals surface area contributed by atoms with Crippen LogP contribution in [0.15, 0.2) is 24.3 Å². The third-order valence-electron chi connectivity index (χ3n) is 5.14. The van der Waals surface area contributed by atoms with E-state index in [-0.39, 0.29) is 12.0 Å². The summed E-state index contributed by atoms with van der Waals surface area (Å²) in [6, 6.07) is 9.02. The molecule has 3 atom stereocenters. The Morgan fingerprint density at radius 2 is 1.37 bits per heavy atom. The lowest BCUT2D eigenvalue weighted by atomic mass is 9.85. The molecule has 2 nitrogen and oxygen atoms in total. The topological polar surface area (TPSA) is 15.3 Å². The molecule has 0 amide bonds. The quantitative estimate of drug-likeness (QED) is 0.330. The van der Waals surface area contributed by atoms with E-state index in [2.05, 4.69) is 95.0 Å². The van der Waals surface area contributed by atoms with E-state index in [4.69, 9.17) is 7.85 Å². The second-order valence-corrected chi connectivity index (χ2v) is 8.92. The lowest BCUT2D eigenvalue weighted by Gasteiger charge is -2.38. The number of thiol groups is 1. The van der Waals surface area contributed by atoms with Crippen molar-refractivity contribution < 1.29 is 0 Å². The van der Waals surface area contributed by atoms with Crippen molar-refractivity contribution in [2.24, 2.45) is 0 Å². The molecule has 0 fully saturated rings. The third-order valence-corrected chi connectivity index (χ3v) is 6.52. The van der Waals surface area contributed by atoms with Crippen LogP contribution in [0.5, 0.6) is 0 Å². The maximum Gasteiger partial charge on any atom is 0.102 e. The van der Waals surface area contributed by atoms with E-state index in [1.807, 2.05) is 0 Å². The number of nitrogens with zero attached hydrogens (tertiary/aromatic N) is 1. The van der Waals surface area contributed by atoms with Crippen LogP contribution in [-0.2, 0) is 0 Å². The molecule has 0 saturated carbocycles. The van der Waals surface area contributed by atoms with E-state index < -0.39 is 0 Å². The lowest BCUT2D eigenvalue weighted by Crippen LogP contribution is -2.44. The summed E-state index contributed by atoms with van der Waals surface area (Å²) in [5, 5.41) is 3.73. The summed E-state index contributed by atoms with van der Waals surface area (Å²) in [7, 11) is 7.10. The largest absolute Gasteiger partial charge is 0.381 e. The van der Waals surface area contributed by atoms with Gasteiger partial charge in [-0.3, -0.25) is 0 Å². The van der Waals surface area contributed by atoms with Crippen LogP contribution in [0, 0.1) is 41.5 Å². The number of anilines is 2. The molecule has 0 saturated heterocycles. The fraction of sp³-hybridized carbons (Fsp3) is 0.455. The van der Waals surface area contributed by atoms with Crippen molar-refractivity contribution in [2.75, 3.05) is 9.99 Å². The van der Waals surface area contributed by atoms with Crippen LogP contribution >= 0.6 is 20.2 Å². The van der Waals surface area contributed by atoms with E-state index in [1.54, 1.807) is 0 Å². The minimum absolute atomic E-state index is 0.129. The number of nitrogens with one attached hydrogen (secondary N) is 1. The van der Waals surface area contributed by atoms with Crippen LogP contribution in [0.2, 0.25) is 0 Å². The highest BCUT2D eigenvalue weighted by molar-refractivity contribution is 8.38. The molecule has 0 heterocycles. The van der Waals surface area contributed by atoms with Gasteiger partial charge in [0.15, 0.2) is 0 Å². The normalized spacial score (nSPS) is 13.8. The first-order valence-corrected chi connectivity index (χ1v) is 11.8. The fourth-order valence-electron chi connectivity index (χ4n) is 4.02. The van der Waals surface area contributed by atoms with Crippen molar-refractivity contribution in [2.45, 2.75) is 66.9 Å². The minimum atomic E-state index is -0.161. The smallest absolute Gasteiger partial charge is 0.102 e. The van der Waals surface area contributed by atoms with Crippen LogP contribution in [0.25, 0.3) is 0 Å². The molecule has 2 radical (unpaired) electrons. The zero-order chi connectivity index (χ0) is 20.3. The Hall–Kier alpha value is -1.12. The van der Waals surface area contributed by atoms with Gasteiger partial charge in [0, 0.05) is 31.3 Å². The predicted octanol–water partition coefficient (Wildman–Crippen LogP) is 6.17. The zero-order valence-electron chi connectivity index (χ0n) is 17.6. The molecule has 5 heteroatoms. The number of rotatable bonds is 7. The predicted molar refractivity (Wildman–Crippen MR) is 128 cm³/mol. The average molecular weight is 398 g/mol. The summed E-state index contributed by atoms with van der Waals surface area (Å²) in [4.78, 5) is 0. The first-order chi connectivity index (χ1) is 12.7. The van der Waals surface area contributed by atoms with Gasteiger partial charge in [-0.15, -0.1) is 12.2 Å². The summed E-state index contributed by atoms with van der Waals surface area (Å²) >= 11 is 4.65. The molecule has 2 unspecified atom stereocenters. The Kier molecular flexibility index (Phi) is 7.71. The van der Waals surface area contributed by atoms with Crippen molar-refractivity contribution in [1.29, 1.82) is 0 Å². The molecule has 0 aliphatic rings. The average Bonchev–Trinajstić information content (AvgIpc) is 2.56. The molecule has 2 aromatic carbocycles. The molecule has 27 heavy (non-hydrogen) atoms. The second-order valence-electron chi connectivity index (χ2n) is 7.64. The van der Waals surface area contributed by atoms with Crippen LogP contribution in [-0.4, -0.2) is 19.8 Å². The van der Waals surface area contributed by atoms with Crippen molar-refractivity contribution in [3.05, 3.63) is 57.6 Å². The molecule has 0 aromatic heterocycles. The Morgan fingerprint density at radius 1 is 0.926 bits per heavy atom. The first kappa shape index (κ1) is 22.2. The molecule has 0 spiro atoms. The Labute approximate surface area is 173 Å². The highest BCUT2D eigenvalue weighted by Gasteiger charge is 2.25. The van der Waals surface area contributed by atoms with Crippen molar-refractivity contribution >= 4 is 39.4 Å². The van der Waals surface area contributed by atoms with Crippen molar-refractivity contribution in [3.8, 4) is 0 Å². The number of benzene rings is 2. The maximum atomic E-state index is 6.79. The highest BCUT2D eigenvalue weighted by Crippen LogP contribution is 2.38. The summed E-state index contributed by atoms with van der Waals surface area (Å²) in [5.74, 6) is -0.161. The molecule has 0 aliphatic heterocycles. The first-order valence-electron chi connectivity index (χ1n) is 9.56. The SMILES string of the molecule is [B][C@H](C(CC)Nc1c(C)cc(C)cc1C)N(PS)c1c(C)cc(C)cc1C. The van der Waals surface area contributed by atoms with E-state index in [0.29, 0.717) is 7.93 Å². The summed E-state index contributed by atoms with van der Waals surface area (Å²) in [5.41, 5.74) is 10.0. The van der Waals surface area contributed by atoms with E-state index in [1.165, 1.54) is 44.8 Å². The number of hydrogen-bond acceptors (Lipinski definition) is 3. The maximum absolute atomic E-state index is 6.79. The van der Waals surface area contributed by atoms with Gasteiger partial charge in [0.1, 0.15) is 7.85 Å². The van der Waals surface area contributed by atoms with Crippen LogP contribution in [0.3, 0.4) is 0 Å². The monoisotopic (exact) mass is 398 g/mol. The Morgan fingerprint density at radius 3 is 1.78 bits per heavy atom. The van der Waals surface area contributed by atoms with Gasteiger partial charge < -0.3 is 9.99 Å². The third kappa shape index (κ3) is 5.03. The van der Waals surface area contributed by atoms with Crippen LogP contribution < -0.4 is 9.99 Å². The molecule has 144 valence electrons. The van der Waals surface area contributed by atoms with E-state index in [9.17, 15) is 0 Å². The van der Waals surface area contributed by atoms with Crippen molar-refractivity contribution in [1.82, 2.24) is 0 Å². The van der Waals surface area contributed by atoms with Gasteiger partial charge in [0.25, 0.3) is 0 Å². The fourth-order valence-corrected chi connectivity index (χ4v) is 5.49. The van der Waals surface area contributed by atoms with Gasteiger partial charge in [-0.2, -0.15) is 0 Å². The molecular weight excluding hydrogens is 366 g/mol. The van der Waals surface area contributed by atoms with E-state index >= 15 is 0 Å². The van der Waals surface area contributed by atoms with Crippen molar-refractivity contribution in [3.63, 3.8) is 0 Å². The van der Waals surface area contributed by atoms with Gasteiger partial charge >= 0.3 is 0 Å². The van der Waals surface area contributed by atoms with Crippen LogP contribution in [0.1, 0.15) is 46.7 Å². The highest BCUT2D eigenvalue weighted by atomic mass is 32.7. The molecular formula is C22H32BN2PS. The molecule has 0 bridgehead atoms.